The monoisotopic (exact) mass is 543 g/mol. The quantitative estimate of drug-likeness (QED) is 0.421. The molecule has 208 valence electrons. The number of nitrogens with one attached hydrogen (secondary N) is 1. The number of halogens is 1. The van der Waals surface area contributed by atoms with Gasteiger partial charge in [-0.25, -0.2) is 4.79 Å². The molecule has 1 heterocycles. The number of hydrogen-bond acceptors (Lipinski definition) is 5. The van der Waals surface area contributed by atoms with Gasteiger partial charge in [0.25, 0.3) is 0 Å². The highest BCUT2D eigenvalue weighted by Crippen LogP contribution is 2.34. The molecule has 8 heteroatoms. The topological polar surface area (TPSA) is 71.1 Å². The summed E-state index contributed by atoms with van der Waals surface area (Å²) in [6.07, 6.45) is 0.114. The maximum Gasteiger partial charge on any atom is 0.411 e. The predicted molar refractivity (Wildman–Crippen MR) is 152 cm³/mol. The molecule has 7 nitrogen and oxygen atoms in total. The molecule has 1 atom stereocenters. The van der Waals surface area contributed by atoms with Gasteiger partial charge >= 0.3 is 6.09 Å². The van der Waals surface area contributed by atoms with Gasteiger partial charge in [0, 0.05) is 36.7 Å². The number of amides is 2. The van der Waals surface area contributed by atoms with Crippen molar-refractivity contribution >= 4 is 23.6 Å². The average Bonchev–Trinajstić information content (AvgIpc) is 2.83. The zero-order chi connectivity index (χ0) is 28.0. The molecule has 1 aliphatic rings. The van der Waals surface area contributed by atoms with Gasteiger partial charge in [-0.1, -0.05) is 29.8 Å². The molecule has 2 amide bonds. The third-order valence-electron chi connectivity index (χ3n) is 6.53. The van der Waals surface area contributed by atoms with Crippen LogP contribution in [0.1, 0.15) is 71.2 Å². The van der Waals surface area contributed by atoms with Gasteiger partial charge in [0.2, 0.25) is 5.91 Å². The molecule has 0 bridgehead atoms. The Kier molecular flexibility index (Phi) is 10.1. The molecule has 1 unspecified atom stereocenters. The molecule has 0 aliphatic carbocycles. The zero-order valence-electron chi connectivity index (χ0n) is 23.7. The third kappa shape index (κ3) is 8.11. The van der Waals surface area contributed by atoms with E-state index in [2.05, 4.69) is 37.9 Å². The molecule has 3 rings (SSSR count). The summed E-state index contributed by atoms with van der Waals surface area (Å²) in [5.74, 6) is 0.507. The van der Waals surface area contributed by atoms with E-state index in [4.69, 9.17) is 21.1 Å². The maximum atomic E-state index is 13.6. The van der Waals surface area contributed by atoms with Crippen LogP contribution in [0, 0.1) is 0 Å². The highest BCUT2D eigenvalue weighted by atomic mass is 35.5. The van der Waals surface area contributed by atoms with E-state index in [1.165, 1.54) is 0 Å². The van der Waals surface area contributed by atoms with Crippen molar-refractivity contribution < 1.29 is 19.1 Å². The Morgan fingerprint density at radius 3 is 2.34 bits per heavy atom. The van der Waals surface area contributed by atoms with Crippen molar-refractivity contribution in [3.8, 4) is 5.75 Å². The smallest absolute Gasteiger partial charge is 0.411 e. The summed E-state index contributed by atoms with van der Waals surface area (Å²) in [6, 6.07) is 13.2. The Bertz CT molecular complexity index is 1090. The van der Waals surface area contributed by atoms with E-state index >= 15 is 0 Å². The standard InChI is InChI=1S/C30H42ClN3O4/c1-20(2)33(21(3)4)17-15-32-28(35)27-26-13-12-25(37-19-22-8-10-24(31)11-9-22)18-23(26)14-16-34(27)29(36)38-30(5,6)7/h8-13,18,20-21,27H,14-17,19H2,1-7H3,(H,32,35). The SMILES string of the molecule is CC(C)N(CCNC(=O)C1c2ccc(OCc3ccc(Cl)cc3)cc2CCN1C(=O)OC(C)(C)C)C(C)C. The number of nitrogens with zero attached hydrogens (tertiary/aromatic N) is 2. The molecular formula is C30H42ClN3O4. The first kappa shape index (κ1) is 29.8. The Balaban J connectivity index is 1.79. The normalized spacial score (nSPS) is 15.6. The van der Waals surface area contributed by atoms with Gasteiger partial charge < -0.3 is 14.8 Å². The van der Waals surface area contributed by atoms with Gasteiger partial charge in [-0.05, 0) is 95.8 Å². The Labute approximate surface area is 232 Å². The Morgan fingerprint density at radius 1 is 1.08 bits per heavy atom. The summed E-state index contributed by atoms with van der Waals surface area (Å²) in [5, 5.41) is 3.76. The fourth-order valence-corrected chi connectivity index (χ4v) is 4.88. The zero-order valence-corrected chi connectivity index (χ0v) is 24.5. The number of carbonyl (C=O) groups excluding carboxylic acids is 2. The minimum atomic E-state index is -0.773. The summed E-state index contributed by atoms with van der Waals surface area (Å²) in [4.78, 5) is 30.6. The van der Waals surface area contributed by atoms with Crippen LogP contribution in [0.25, 0.3) is 0 Å². The predicted octanol–water partition coefficient (Wildman–Crippen LogP) is 5.99. The highest BCUT2D eigenvalue weighted by Gasteiger charge is 2.38. The molecule has 0 fully saturated rings. The number of fused-ring (bicyclic) bond motifs is 1. The van der Waals surface area contributed by atoms with Crippen LogP contribution in [0.3, 0.4) is 0 Å². The number of benzene rings is 2. The molecular weight excluding hydrogens is 502 g/mol. The van der Waals surface area contributed by atoms with Crippen molar-refractivity contribution in [2.45, 2.75) is 85.2 Å². The molecule has 38 heavy (non-hydrogen) atoms. The lowest BCUT2D eigenvalue weighted by molar-refractivity contribution is -0.127. The van der Waals surface area contributed by atoms with Crippen LogP contribution in [0.4, 0.5) is 4.79 Å². The second-order valence-corrected chi connectivity index (χ2v) is 11.8. The molecule has 0 radical (unpaired) electrons. The summed E-state index contributed by atoms with van der Waals surface area (Å²) >= 11 is 5.98. The third-order valence-corrected chi connectivity index (χ3v) is 6.79. The second kappa shape index (κ2) is 12.9. The first-order valence-electron chi connectivity index (χ1n) is 13.4. The Morgan fingerprint density at radius 2 is 1.74 bits per heavy atom. The highest BCUT2D eigenvalue weighted by molar-refractivity contribution is 6.30. The summed E-state index contributed by atoms with van der Waals surface area (Å²) in [7, 11) is 0. The molecule has 1 aliphatic heterocycles. The largest absolute Gasteiger partial charge is 0.489 e. The van der Waals surface area contributed by atoms with E-state index in [1.807, 2.05) is 63.2 Å². The van der Waals surface area contributed by atoms with Gasteiger partial charge in [-0.15, -0.1) is 0 Å². The molecule has 2 aromatic rings. The van der Waals surface area contributed by atoms with Gasteiger partial charge in [-0.2, -0.15) is 0 Å². The molecule has 0 saturated heterocycles. The summed E-state index contributed by atoms with van der Waals surface area (Å²) in [5.41, 5.74) is 2.14. The molecule has 0 saturated carbocycles. The van der Waals surface area contributed by atoms with Crippen LogP contribution < -0.4 is 10.1 Å². The lowest BCUT2D eigenvalue weighted by Crippen LogP contribution is -2.50. The van der Waals surface area contributed by atoms with E-state index in [-0.39, 0.29) is 5.91 Å². The van der Waals surface area contributed by atoms with Gasteiger partial charge in [0.15, 0.2) is 0 Å². The van der Waals surface area contributed by atoms with Crippen molar-refractivity contribution in [3.63, 3.8) is 0 Å². The van der Waals surface area contributed by atoms with Gasteiger partial charge in [-0.3, -0.25) is 14.6 Å². The van der Waals surface area contributed by atoms with Gasteiger partial charge in [0.05, 0.1) is 0 Å². The van der Waals surface area contributed by atoms with E-state index in [1.54, 1.807) is 4.90 Å². The van der Waals surface area contributed by atoms with Crippen LogP contribution in [-0.2, 0) is 22.6 Å². The maximum absolute atomic E-state index is 13.6. The van der Waals surface area contributed by atoms with Crippen LogP contribution in [0.15, 0.2) is 42.5 Å². The van der Waals surface area contributed by atoms with Crippen molar-refractivity contribution in [2.75, 3.05) is 19.6 Å². The van der Waals surface area contributed by atoms with Crippen molar-refractivity contribution in [1.29, 1.82) is 0 Å². The number of rotatable bonds is 9. The minimum absolute atomic E-state index is 0.209. The van der Waals surface area contributed by atoms with Crippen LogP contribution >= 0.6 is 11.6 Å². The summed E-state index contributed by atoms with van der Waals surface area (Å²) < 4.78 is 11.7. The minimum Gasteiger partial charge on any atom is -0.489 e. The van der Waals surface area contributed by atoms with Crippen LogP contribution in [0.2, 0.25) is 5.02 Å². The Hall–Kier alpha value is -2.77. The molecule has 1 N–H and O–H groups in total. The lowest BCUT2D eigenvalue weighted by Gasteiger charge is -2.37. The second-order valence-electron chi connectivity index (χ2n) is 11.3. The van der Waals surface area contributed by atoms with E-state index in [9.17, 15) is 9.59 Å². The average molecular weight is 544 g/mol. The number of carbonyl (C=O) groups is 2. The van der Waals surface area contributed by atoms with Crippen molar-refractivity contribution in [3.05, 3.63) is 64.2 Å². The van der Waals surface area contributed by atoms with Crippen molar-refractivity contribution in [1.82, 2.24) is 15.1 Å². The van der Waals surface area contributed by atoms with E-state index in [0.717, 1.165) is 23.2 Å². The lowest BCUT2D eigenvalue weighted by atomic mass is 9.92. The van der Waals surface area contributed by atoms with E-state index < -0.39 is 17.7 Å². The van der Waals surface area contributed by atoms with Crippen LogP contribution in [0.5, 0.6) is 5.75 Å². The fourth-order valence-electron chi connectivity index (χ4n) is 4.76. The summed E-state index contributed by atoms with van der Waals surface area (Å²) in [6.45, 7) is 16.1. The molecule has 0 aromatic heterocycles. The molecule has 2 aromatic carbocycles. The molecule has 0 spiro atoms. The van der Waals surface area contributed by atoms with Crippen LogP contribution in [-0.4, -0.2) is 59.1 Å². The fraction of sp³-hybridized carbons (Fsp3) is 0.533. The first-order chi connectivity index (χ1) is 17.9. The number of ether oxygens (including phenoxy) is 2. The number of hydrogen-bond donors (Lipinski definition) is 1. The van der Waals surface area contributed by atoms with E-state index in [0.29, 0.717) is 49.0 Å². The van der Waals surface area contributed by atoms with Gasteiger partial charge in [0.1, 0.15) is 24.0 Å². The first-order valence-corrected chi connectivity index (χ1v) is 13.8. The van der Waals surface area contributed by atoms with Crippen molar-refractivity contribution in [2.24, 2.45) is 0 Å².